The zero-order valence-corrected chi connectivity index (χ0v) is 15.5. The average Bonchev–Trinajstić information content (AvgIpc) is 3.19. The van der Waals surface area contributed by atoms with Gasteiger partial charge < -0.3 is 5.32 Å². The molecule has 0 aliphatic carbocycles. The Morgan fingerprint density at radius 3 is 2.57 bits per heavy atom. The molecule has 0 spiro atoms. The van der Waals surface area contributed by atoms with Gasteiger partial charge in [-0.1, -0.05) is 47.0 Å². The van der Waals surface area contributed by atoms with E-state index in [0.717, 1.165) is 11.1 Å². The second-order valence-corrected chi connectivity index (χ2v) is 6.89. The highest BCUT2D eigenvalue weighted by atomic mass is 35.5. The number of nitrogens with zero attached hydrogens (tertiary/aromatic N) is 6. The third kappa shape index (κ3) is 2.49. The number of aryl methyl sites for hydroxylation is 1. The van der Waals surface area contributed by atoms with Crippen LogP contribution in [0.5, 0.6) is 0 Å². The van der Waals surface area contributed by atoms with E-state index in [1.54, 1.807) is 16.8 Å². The molecule has 0 saturated heterocycles. The van der Waals surface area contributed by atoms with Crippen molar-refractivity contribution in [1.82, 2.24) is 30.0 Å². The Morgan fingerprint density at radius 1 is 1.07 bits per heavy atom. The number of hydrogen-bond donors (Lipinski definition) is 1. The first-order valence-electron chi connectivity index (χ1n) is 8.63. The summed E-state index contributed by atoms with van der Waals surface area (Å²) < 4.78 is 3.03. The van der Waals surface area contributed by atoms with Crippen molar-refractivity contribution >= 4 is 23.2 Å². The van der Waals surface area contributed by atoms with Gasteiger partial charge in [0, 0.05) is 10.6 Å². The summed E-state index contributed by atoms with van der Waals surface area (Å²) in [4.78, 5) is 13.3. The highest BCUT2D eigenvalue weighted by molar-refractivity contribution is 6.30. The van der Waals surface area contributed by atoms with Gasteiger partial charge in [0.15, 0.2) is 0 Å². The molecule has 4 aromatic rings. The second-order valence-electron chi connectivity index (χ2n) is 6.45. The lowest BCUT2D eigenvalue weighted by Gasteiger charge is -2.28. The monoisotopic (exact) mass is 391 g/mol. The van der Waals surface area contributed by atoms with Crippen LogP contribution in [0.25, 0.3) is 5.69 Å². The molecule has 0 saturated carbocycles. The summed E-state index contributed by atoms with van der Waals surface area (Å²) in [5.41, 5.74) is 3.18. The lowest BCUT2D eigenvalue weighted by molar-refractivity contribution is 0.559. The Bertz CT molecular complexity index is 1230. The van der Waals surface area contributed by atoms with Gasteiger partial charge in [-0.15, -0.1) is 0 Å². The Balaban J connectivity index is 1.77. The number of halogens is 1. The molecule has 0 amide bonds. The van der Waals surface area contributed by atoms with Crippen molar-refractivity contribution in [3.8, 4) is 5.69 Å². The van der Waals surface area contributed by atoms with Gasteiger partial charge in [0.1, 0.15) is 11.7 Å². The SMILES string of the molecule is Cc1nn(-c2ccccc2)c(=O)c2c1[C@@H](c1ccc(Cl)cc1)n1nnnc1N2. The minimum Gasteiger partial charge on any atom is -0.318 e. The largest absolute Gasteiger partial charge is 0.318 e. The fourth-order valence-electron chi connectivity index (χ4n) is 3.49. The number of hydrogen-bond acceptors (Lipinski definition) is 6. The van der Waals surface area contributed by atoms with Crippen molar-refractivity contribution in [2.75, 3.05) is 5.32 Å². The van der Waals surface area contributed by atoms with Crippen molar-refractivity contribution in [3.63, 3.8) is 0 Å². The van der Waals surface area contributed by atoms with Gasteiger partial charge in [0.2, 0.25) is 5.95 Å². The van der Waals surface area contributed by atoms with E-state index in [-0.39, 0.29) is 11.6 Å². The van der Waals surface area contributed by atoms with Crippen LogP contribution in [0.2, 0.25) is 5.02 Å². The topological polar surface area (TPSA) is 90.5 Å². The van der Waals surface area contributed by atoms with Gasteiger partial charge in [-0.2, -0.15) is 14.5 Å². The van der Waals surface area contributed by atoms with Crippen LogP contribution < -0.4 is 10.9 Å². The number of rotatable bonds is 2. The van der Waals surface area contributed by atoms with Gasteiger partial charge in [-0.3, -0.25) is 4.79 Å². The molecular formula is C19H14ClN7O. The number of para-hydroxylation sites is 1. The van der Waals surface area contributed by atoms with Crippen molar-refractivity contribution in [2.24, 2.45) is 0 Å². The summed E-state index contributed by atoms with van der Waals surface area (Å²) in [6, 6.07) is 16.3. The number of anilines is 2. The molecule has 28 heavy (non-hydrogen) atoms. The molecule has 0 fully saturated rings. The number of tetrazole rings is 1. The minimum atomic E-state index is -0.385. The maximum Gasteiger partial charge on any atom is 0.295 e. The highest BCUT2D eigenvalue weighted by Crippen LogP contribution is 2.38. The summed E-state index contributed by atoms with van der Waals surface area (Å²) in [7, 11) is 0. The smallest absolute Gasteiger partial charge is 0.295 e. The highest BCUT2D eigenvalue weighted by Gasteiger charge is 2.33. The molecule has 1 N–H and O–H groups in total. The number of nitrogens with one attached hydrogen (secondary N) is 1. The molecule has 5 rings (SSSR count). The van der Waals surface area contributed by atoms with Crippen LogP contribution in [-0.4, -0.2) is 30.0 Å². The van der Waals surface area contributed by atoms with Crippen molar-refractivity contribution in [2.45, 2.75) is 13.0 Å². The minimum absolute atomic E-state index is 0.264. The third-order valence-corrected chi connectivity index (χ3v) is 5.00. The van der Waals surface area contributed by atoms with Gasteiger partial charge in [-0.25, -0.2) is 0 Å². The number of benzene rings is 2. The van der Waals surface area contributed by atoms with E-state index in [2.05, 4.69) is 25.9 Å². The standard InChI is InChI=1S/C19H14ClN7O/c1-11-15-16(18(28)26(23-11)14-5-3-2-4-6-14)21-19-22-24-25-27(19)17(15)12-7-9-13(20)10-8-12/h2-10,17H,1H3,(H,21,22,25)/t17-/m1/s1. The molecule has 0 bridgehead atoms. The van der Waals surface area contributed by atoms with Crippen LogP contribution in [0.1, 0.15) is 22.9 Å². The Kier molecular flexibility index (Phi) is 3.73. The van der Waals surface area contributed by atoms with E-state index in [9.17, 15) is 4.79 Å². The molecule has 8 nitrogen and oxygen atoms in total. The first-order chi connectivity index (χ1) is 13.6. The van der Waals surface area contributed by atoms with E-state index < -0.39 is 0 Å². The molecule has 2 aromatic heterocycles. The Labute approximate surface area is 164 Å². The fraction of sp³-hybridized carbons (Fsp3) is 0.105. The molecule has 0 unspecified atom stereocenters. The lowest BCUT2D eigenvalue weighted by atomic mass is 9.95. The van der Waals surface area contributed by atoms with Gasteiger partial charge in [-0.05, 0) is 47.2 Å². The number of aromatic nitrogens is 6. The molecule has 1 aliphatic rings. The molecule has 9 heteroatoms. The Morgan fingerprint density at radius 2 is 1.82 bits per heavy atom. The van der Waals surface area contributed by atoms with Crippen LogP contribution in [-0.2, 0) is 0 Å². The molecule has 138 valence electrons. The maximum atomic E-state index is 13.3. The predicted molar refractivity (Wildman–Crippen MR) is 104 cm³/mol. The maximum absolute atomic E-state index is 13.3. The lowest BCUT2D eigenvalue weighted by Crippen LogP contribution is -2.33. The quantitative estimate of drug-likeness (QED) is 0.497. The zero-order chi connectivity index (χ0) is 19.3. The van der Waals surface area contributed by atoms with E-state index in [1.807, 2.05) is 49.4 Å². The zero-order valence-electron chi connectivity index (χ0n) is 14.7. The van der Waals surface area contributed by atoms with E-state index >= 15 is 0 Å². The average molecular weight is 392 g/mol. The summed E-state index contributed by atoms with van der Waals surface area (Å²) in [6.45, 7) is 1.87. The van der Waals surface area contributed by atoms with Crippen molar-refractivity contribution in [3.05, 3.63) is 86.8 Å². The fourth-order valence-corrected chi connectivity index (χ4v) is 3.61. The van der Waals surface area contributed by atoms with Gasteiger partial charge >= 0.3 is 0 Å². The van der Waals surface area contributed by atoms with Crippen molar-refractivity contribution < 1.29 is 0 Å². The first kappa shape index (κ1) is 16.6. The first-order valence-corrected chi connectivity index (χ1v) is 9.01. The summed E-state index contributed by atoms with van der Waals surface area (Å²) in [5.74, 6) is 0.398. The van der Waals surface area contributed by atoms with E-state index in [4.69, 9.17) is 11.6 Å². The second kappa shape index (κ2) is 6.28. The van der Waals surface area contributed by atoms with E-state index in [1.165, 1.54) is 4.68 Å². The van der Waals surface area contributed by atoms with Crippen LogP contribution in [0, 0.1) is 6.92 Å². The summed E-state index contributed by atoms with van der Waals surface area (Å²) in [6.07, 6.45) is 0. The summed E-state index contributed by atoms with van der Waals surface area (Å²) >= 11 is 6.05. The van der Waals surface area contributed by atoms with Crippen LogP contribution in [0.4, 0.5) is 11.6 Å². The Hall–Kier alpha value is -3.52. The molecule has 1 atom stereocenters. The summed E-state index contributed by atoms with van der Waals surface area (Å²) in [5, 5.41) is 20.2. The molecule has 1 aliphatic heterocycles. The van der Waals surface area contributed by atoms with E-state index in [0.29, 0.717) is 28.0 Å². The van der Waals surface area contributed by atoms with Gasteiger partial charge in [0.05, 0.1) is 11.4 Å². The normalized spacial score (nSPS) is 14.9. The van der Waals surface area contributed by atoms with Gasteiger partial charge in [0.25, 0.3) is 5.56 Å². The van der Waals surface area contributed by atoms with Crippen LogP contribution in [0.3, 0.4) is 0 Å². The van der Waals surface area contributed by atoms with Crippen LogP contribution >= 0.6 is 11.6 Å². The molecule has 3 heterocycles. The number of fused-ring (bicyclic) bond motifs is 2. The van der Waals surface area contributed by atoms with Crippen LogP contribution in [0.15, 0.2) is 59.4 Å². The molecular weight excluding hydrogens is 378 g/mol. The molecule has 2 aromatic carbocycles. The third-order valence-electron chi connectivity index (χ3n) is 4.75. The van der Waals surface area contributed by atoms with Crippen molar-refractivity contribution in [1.29, 1.82) is 0 Å². The predicted octanol–water partition coefficient (Wildman–Crippen LogP) is 2.88. The molecule has 0 radical (unpaired) electrons.